The molecular weight excluding hydrogens is 457 g/mol. The molecule has 2 aromatic heterocycles. The molecule has 33 heavy (non-hydrogen) atoms. The third-order valence-electron chi connectivity index (χ3n) is 6.17. The first kappa shape index (κ1) is 23.6. The van der Waals surface area contributed by atoms with Gasteiger partial charge in [0.1, 0.15) is 11.9 Å². The number of carbonyl (C=O) groups is 1. The van der Waals surface area contributed by atoms with Crippen LogP contribution < -0.4 is 15.0 Å². The summed E-state index contributed by atoms with van der Waals surface area (Å²) < 4.78 is 44.4. The molecule has 4 rings (SSSR count). The number of aromatic nitrogens is 2. The van der Waals surface area contributed by atoms with Crippen molar-refractivity contribution in [2.75, 3.05) is 18.0 Å². The minimum atomic E-state index is -4.49. The molecule has 10 heteroatoms. The molecule has 2 aromatic rings. The Morgan fingerprint density at radius 3 is 2.55 bits per heavy atom. The molecule has 2 aliphatic rings. The van der Waals surface area contributed by atoms with Gasteiger partial charge in [0, 0.05) is 44.0 Å². The Kier molecular flexibility index (Phi) is 7.26. The second-order valence-electron chi connectivity index (χ2n) is 8.53. The Balaban J connectivity index is 1.27. The second-order valence-corrected chi connectivity index (χ2v) is 8.94. The molecule has 1 amide bonds. The summed E-state index contributed by atoms with van der Waals surface area (Å²) in [4.78, 5) is 22.7. The highest BCUT2D eigenvalue weighted by atomic mass is 35.5. The van der Waals surface area contributed by atoms with E-state index in [0.717, 1.165) is 30.7 Å². The first-order chi connectivity index (χ1) is 15.8. The zero-order chi connectivity index (χ0) is 23.4. The van der Waals surface area contributed by atoms with E-state index in [4.69, 9.17) is 16.3 Å². The fourth-order valence-corrected chi connectivity index (χ4v) is 4.59. The maximum absolute atomic E-state index is 12.8. The van der Waals surface area contributed by atoms with E-state index in [2.05, 4.69) is 15.3 Å². The van der Waals surface area contributed by atoms with Gasteiger partial charge in [0.25, 0.3) is 0 Å². The van der Waals surface area contributed by atoms with Gasteiger partial charge in [-0.05, 0) is 56.2 Å². The average Bonchev–Trinajstić information content (AvgIpc) is 3.30. The van der Waals surface area contributed by atoms with Gasteiger partial charge in [-0.2, -0.15) is 13.2 Å². The Morgan fingerprint density at radius 1 is 1.15 bits per heavy atom. The lowest BCUT2D eigenvalue weighted by molar-refractivity contribution is -0.137. The number of amides is 1. The summed E-state index contributed by atoms with van der Waals surface area (Å²) in [6.45, 7) is 1.37. The molecule has 1 N–H and O–H groups in total. The molecule has 1 saturated heterocycles. The van der Waals surface area contributed by atoms with Crippen molar-refractivity contribution in [1.29, 1.82) is 0 Å². The molecule has 0 spiro atoms. The molecule has 2 fully saturated rings. The monoisotopic (exact) mass is 482 g/mol. The molecule has 0 radical (unpaired) electrons. The number of anilines is 1. The van der Waals surface area contributed by atoms with Crippen LogP contribution in [0.4, 0.5) is 19.0 Å². The lowest BCUT2D eigenvalue weighted by atomic mass is 9.95. The standard InChI is InChI=1S/C23H26ClF3N4O2/c24-19-12-17(23(25,26)27)14-29-21(19)31-9-6-16(7-10-31)22(32)30-13-15-5-8-28-20(11-15)33-18-3-1-2-4-18/h5,8,11-12,14,16,18H,1-4,6-7,9-10,13H2,(H,30,32). The molecule has 1 aliphatic carbocycles. The molecule has 0 atom stereocenters. The number of piperidine rings is 1. The van der Waals surface area contributed by atoms with Crippen molar-refractivity contribution in [3.8, 4) is 5.88 Å². The van der Waals surface area contributed by atoms with Crippen LogP contribution >= 0.6 is 11.6 Å². The molecule has 1 saturated carbocycles. The third-order valence-corrected chi connectivity index (χ3v) is 6.45. The smallest absolute Gasteiger partial charge is 0.417 e. The summed E-state index contributed by atoms with van der Waals surface area (Å²) in [6.07, 6.45) is 3.81. The summed E-state index contributed by atoms with van der Waals surface area (Å²) >= 11 is 6.05. The van der Waals surface area contributed by atoms with E-state index < -0.39 is 11.7 Å². The maximum atomic E-state index is 12.8. The van der Waals surface area contributed by atoms with Crippen molar-refractivity contribution < 1.29 is 22.7 Å². The van der Waals surface area contributed by atoms with Crippen LogP contribution in [-0.2, 0) is 17.5 Å². The van der Waals surface area contributed by atoms with E-state index in [1.165, 1.54) is 12.8 Å². The van der Waals surface area contributed by atoms with Crippen LogP contribution in [0.3, 0.4) is 0 Å². The topological polar surface area (TPSA) is 67.3 Å². The number of hydrogen-bond donors (Lipinski definition) is 1. The molecular formula is C23H26ClF3N4O2. The Morgan fingerprint density at radius 2 is 1.88 bits per heavy atom. The average molecular weight is 483 g/mol. The lowest BCUT2D eigenvalue weighted by Crippen LogP contribution is -2.40. The van der Waals surface area contributed by atoms with E-state index in [1.54, 1.807) is 6.20 Å². The molecule has 0 bridgehead atoms. The molecule has 3 heterocycles. The van der Waals surface area contributed by atoms with E-state index in [9.17, 15) is 18.0 Å². The zero-order valence-corrected chi connectivity index (χ0v) is 18.8. The van der Waals surface area contributed by atoms with Crippen molar-refractivity contribution >= 4 is 23.3 Å². The predicted octanol–water partition coefficient (Wildman–Crippen LogP) is 5.00. The maximum Gasteiger partial charge on any atom is 0.417 e. The van der Waals surface area contributed by atoms with E-state index in [0.29, 0.717) is 44.2 Å². The highest BCUT2D eigenvalue weighted by Crippen LogP contribution is 2.34. The number of carbonyl (C=O) groups excluding carboxylic acids is 1. The van der Waals surface area contributed by atoms with Gasteiger partial charge in [-0.15, -0.1) is 0 Å². The summed E-state index contributed by atoms with van der Waals surface area (Å²) in [5, 5.41) is 2.93. The van der Waals surface area contributed by atoms with E-state index in [-0.39, 0.29) is 23.0 Å². The van der Waals surface area contributed by atoms with E-state index in [1.807, 2.05) is 17.0 Å². The van der Waals surface area contributed by atoms with Crippen LogP contribution in [0, 0.1) is 5.92 Å². The SMILES string of the molecule is O=C(NCc1ccnc(OC2CCCC2)c1)C1CCN(c2ncc(C(F)(F)F)cc2Cl)CC1. The second kappa shape index (κ2) is 10.2. The van der Waals surface area contributed by atoms with Crippen molar-refractivity contribution in [1.82, 2.24) is 15.3 Å². The third kappa shape index (κ3) is 6.07. The van der Waals surface area contributed by atoms with Crippen molar-refractivity contribution in [2.24, 2.45) is 5.92 Å². The van der Waals surface area contributed by atoms with Crippen LogP contribution in [0.25, 0.3) is 0 Å². The first-order valence-corrected chi connectivity index (χ1v) is 11.5. The van der Waals surface area contributed by atoms with Gasteiger partial charge in [0.05, 0.1) is 10.6 Å². The van der Waals surface area contributed by atoms with E-state index >= 15 is 0 Å². The first-order valence-electron chi connectivity index (χ1n) is 11.2. The number of nitrogens with one attached hydrogen (secondary N) is 1. The number of halogens is 4. The zero-order valence-electron chi connectivity index (χ0n) is 18.1. The Bertz CT molecular complexity index is 974. The van der Waals surface area contributed by atoms with Gasteiger partial charge in [0.2, 0.25) is 11.8 Å². The van der Waals surface area contributed by atoms with Gasteiger partial charge in [-0.3, -0.25) is 4.79 Å². The van der Waals surface area contributed by atoms with Gasteiger partial charge < -0.3 is 15.0 Å². The molecule has 0 unspecified atom stereocenters. The Labute approximate surface area is 195 Å². The van der Waals surface area contributed by atoms with Gasteiger partial charge in [-0.1, -0.05) is 11.6 Å². The summed E-state index contributed by atoms with van der Waals surface area (Å²) in [7, 11) is 0. The summed E-state index contributed by atoms with van der Waals surface area (Å²) in [5.74, 6) is 0.680. The highest BCUT2D eigenvalue weighted by molar-refractivity contribution is 6.33. The van der Waals surface area contributed by atoms with Crippen molar-refractivity contribution in [2.45, 2.75) is 57.3 Å². The van der Waals surface area contributed by atoms with Crippen molar-refractivity contribution in [3.63, 3.8) is 0 Å². The summed E-state index contributed by atoms with van der Waals surface area (Å²) in [5.41, 5.74) is 0.0444. The number of rotatable bonds is 6. The predicted molar refractivity (Wildman–Crippen MR) is 118 cm³/mol. The highest BCUT2D eigenvalue weighted by Gasteiger charge is 2.33. The number of nitrogens with zero attached hydrogens (tertiary/aromatic N) is 3. The fourth-order valence-electron chi connectivity index (χ4n) is 4.31. The van der Waals surface area contributed by atoms with Crippen molar-refractivity contribution in [3.05, 3.63) is 46.7 Å². The van der Waals surface area contributed by atoms with Crippen LogP contribution in [0.1, 0.15) is 49.7 Å². The molecule has 178 valence electrons. The van der Waals surface area contributed by atoms with Crippen LogP contribution in [0.2, 0.25) is 5.02 Å². The molecule has 6 nitrogen and oxygen atoms in total. The van der Waals surface area contributed by atoms with Gasteiger partial charge >= 0.3 is 6.18 Å². The number of ether oxygens (including phenoxy) is 1. The Hall–Kier alpha value is -2.55. The normalized spacial score (nSPS) is 17.9. The summed E-state index contributed by atoms with van der Waals surface area (Å²) in [6, 6.07) is 4.60. The lowest BCUT2D eigenvalue weighted by Gasteiger charge is -2.32. The quantitative estimate of drug-likeness (QED) is 0.627. The largest absolute Gasteiger partial charge is 0.474 e. The van der Waals surface area contributed by atoms with Gasteiger partial charge in [-0.25, -0.2) is 9.97 Å². The van der Waals surface area contributed by atoms with Crippen LogP contribution in [-0.4, -0.2) is 35.1 Å². The number of pyridine rings is 2. The van der Waals surface area contributed by atoms with Crippen LogP contribution in [0.15, 0.2) is 30.6 Å². The van der Waals surface area contributed by atoms with Crippen LogP contribution in [0.5, 0.6) is 5.88 Å². The molecule has 1 aliphatic heterocycles. The minimum Gasteiger partial charge on any atom is -0.474 e. The fraction of sp³-hybridized carbons (Fsp3) is 0.522. The minimum absolute atomic E-state index is 0.0407. The molecule has 0 aromatic carbocycles. The number of hydrogen-bond acceptors (Lipinski definition) is 5. The van der Waals surface area contributed by atoms with Gasteiger partial charge in [0.15, 0.2) is 0 Å². The number of alkyl halides is 3.